The molecule has 1 rings (SSSR count). The minimum absolute atomic E-state index is 0.0491. The van der Waals surface area contributed by atoms with Gasteiger partial charge in [0.15, 0.2) is 0 Å². The van der Waals surface area contributed by atoms with Crippen LogP contribution in [0.5, 0.6) is 0 Å². The van der Waals surface area contributed by atoms with E-state index >= 15 is 0 Å². The van der Waals surface area contributed by atoms with Gasteiger partial charge in [0, 0.05) is 24.0 Å². The van der Waals surface area contributed by atoms with Crippen LogP contribution in [-0.2, 0) is 10.0 Å². The Kier molecular flexibility index (Phi) is 5.51. The fraction of sp³-hybridized carbons (Fsp3) is 0.333. The highest BCUT2D eigenvalue weighted by Crippen LogP contribution is 2.25. The molecular formula is C9H10BrClN2O4S. The van der Waals surface area contributed by atoms with E-state index in [0.29, 0.717) is 11.8 Å². The van der Waals surface area contributed by atoms with Crippen molar-refractivity contribution in [3.63, 3.8) is 0 Å². The van der Waals surface area contributed by atoms with Crippen molar-refractivity contribution >= 4 is 43.2 Å². The summed E-state index contributed by atoms with van der Waals surface area (Å²) >= 11 is 8.92. The molecule has 0 fully saturated rings. The van der Waals surface area contributed by atoms with Crippen molar-refractivity contribution in [1.29, 1.82) is 0 Å². The van der Waals surface area contributed by atoms with Gasteiger partial charge in [0.2, 0.25) is 10.0 Å². The average molecular weight is 358 g/mol. The number of nitrogens with one attached hydrogen (secondary N) is 1. The van der Waals surface area contributed by atoms with E-state index < -0.39 is 14.9 Å². The third kappa shape index (κ3) is 3.91. The van der Waals surface area contributed by atoms with Gasteiger partial charge >= 0.3 is 0 Å². The highest BCUT2D eigenvalue weighted by molar-refractivity contribution is 9.09. The van der Waals surface area contributed by atoms with E-state index in [2.05, 4.69) is 20.7 Å². The molecule has 1 aromatic rings. The number of benzene rings is 1. The Balaban J connectivity index is 3.07. The maximum Gasteiger partial charge on any atom is 0.270 e. The Morgan fingerprint density at radius 3 is 2.67 bits per heavy atom. The minimum atomic E-state index is -3.83. The second kappa shape index (κ2) is 6.46. The second-order valence-electron chi connectivity index (χ2n) is 3.31. The summed E-state index contributed by atoms with van der Waals surface area (Å²) in [6.45, 7) is 0.229. The van der Waals surface area contributed by atoms with Crippen LogP contribution in [0.4, 0.5) is 5.69 Å². The topological polar surface area (TPSA) is 89.3 Å². The zero-order valence-electron chi connectivity index (χ0n) is 9.10. The van der Waals surface area contributed by atoms with Crippen LogP contribution in [0.15, 0.2) is 23.1 Å². The van der Waals surface area contributed by atoms with Crippen molar-refractivity contribution in [2.75, 3.05) is 11.9 Å². The predicted octanol–water partition coefficient (Wildman–Crippen LogP) is 2.31. The highest BCUT2D eigenvalue weighted by atomic mass is 79.9. The maximum atomic E-state index is 11.9. The van der Waals surface area contributed by atoms with E-state index in [9.17, 15) is 18.5 Å². The monoisotopic (exact) mass is 356 g/mol. The average Bonchev–Trinajstić information content (AvgIpc) is 2.29. The molecule has 9 heteroatoms. The summed E-state index contributed by atoms with van der Waals surface area (Å²) in [5, 5.41) is 11.2. The van der Waals surface area contributed by atoms with Crippen molar-refractivity contribution in [3.8, 4) is 0 Å². The number of nitro benzene ring substituents is 1. The molecule has 0 heterocycles. The van der Waals surface area contributed by atoms with E-state index in [-0.39, 0.29) is 22.2 Å². The van der Waals surface area contributed by atoms with Crippen LogP contribution in [0.3, 0.4) is 0 Å². The normalized spacial score (nSPS) is 11.4. The van der Waals surface area contributed by atoms with Gasteiger partial charge < -0.3 is 0 Å². The van der Waals surface area contributed by atoms with E-state index in [0.717, 1.165) is 12.1 Å². The van der Waals surface area contributed by atoms with Crippen molar-refractivity contribution in [1.82, 2.24) is 4.72 Å². The van der Waals surface area contributed by atoms with E-state index in [1.165, 1.54) is 6.07 Å². The second-order valence-corrected chi connectivity index (χ2v) is 6.25. The molecule has 100 valence electrons. The fourth-order valence-corrected chi connectivity index (χ4v) is 3.03. The molecule has 18 heavy (non-hydrogen) atoms. The van der Waals surface area contributed by atoms with E-state index in [1.54, 1.807) is 0 Å². The van der Waals surface area contributed by atoms with Gasteiger partial charge in [-0.3, -0.25) is 10.1 Å². The lowest BCUT2D eigenvalue weighted by Gasteiger charge is -2.07. The van der Waals surface area contributed by atoms with Crippen LogP contribution in [-0.4, -0.2) is 25.2 Å². The molecule has 1 aromatic carbocycles. The zero-order valence-corrected chi connectivity index (χ0v) is 12.3. The number of non-ortho nitro benzene ring substituents is 1. The van der Waals surface area contributed by atoms with E-state index in [1.807, 2.05) is 0 Å². The molecule has 0 radical (unpaired) electrons. The molecule has 0 aliphatic carbocycles. The summed E-state index contributed by atoms with van der Waals surface area (Å²) in [5.74, 6) is 0. The lowest BCUT2D eigenvalue weighted by atomic mass is 10.3. The van der Waals surface area contributed by atoms with Crippen molar-refractivity contribution in [3.05, 3.63) is 33.3 Å². The van der Waals surface area contributed by atoms with Gasteiger partial charge in [0.25, 0.3) is 5.69 Å². The Morgan fingerprint density at radius 2 is 2.11 bits per heavy atom. The first kappa shape index (κ1) is 15.4. The minimum Gasteiger partial charge on any atom is -0.258 e. The van der Waals surface area contributed by atoms with Crippen LogP contribution < -0.4 is 4.72 Å². The fourth-order valence-electron chi connectivity index (χ4n) is 1.16. The van der Waals surface area contributed by atoms with Gasteiger partial charge in [-0.05, 0) is 12.5 Å². The summed E-state index contributed by atoms with van der Waals surface area (Å²) in [6.07, 6.45) is 0.603. The Labute approximate surface area is 118 Å². The lowest BCUT2D eigenvalue weighted by molar-refractivity contribution is -0.385. The Bertz CT molecular complexity index is 549. The van der Waals surface area contributed by atoms with Gasteiger partial charge in [-0.25, -0.2) is 13.1 Å². The quantitative estimate of drug-likeness (QED) is 0.366. The standard InChI is InChI=1S/C9H10BrClN2O4S/c10-4-1-5-12-18(16,17)9-6-7(13(14)15)2-3-8(9)11/h2-3,6,12H,1,4-5H2. The lowest BCUT2D eigenvalue weighted by Crippen LogP contribution is -2.25. The first-order valence-corrected chi connectivity index (χ1v) is 7.86. The van der Waals surface area contributed by atoms with Gasteiger partial charge in [-0.15, -0.1) is 0 Å². The van der Waals surface area contributed by atoms with Crippen molar-refractivity contribution in [2.45, 2.75) is 11.3 Å². The first-order chi connectivity index (χ1) is 8.38. The number of hydrogen-bond donors (Lipinski definition) is 1. The molecule has 0 unspecified atom stereocenters. The molecule has 0 saturated heterocycles. The molecule has 0 bridgehead atoms. The molecule has 1 N–H and O–H groups in total. The Hall–Kier alpha value is -0.700. The number of nitrogens with zero attached hydrogens (tertiary/aromatic N) is 1. The predicted molar refractivity (Wildman–Crippen MR) is 71.7 cm³/mol. The summed E-state index contributed by atoms with van der Waals surface area (Å²) in [5.41, 5.74) is -0.319. The van der Waals surface area contributed by atoms with Crippen LogP contribution in [0.1, 0.15) is 6.42 Å². The number of sulfonamides is 1. The smallest absolute Gasteiger partial charge is 0.258 e. The molecule has 6 nitrogen and oxygen atoms in total. The zero-order chi connectivity index (χ0) is 13.8. The van der Waals surface area contributed by atoms with Crippen molar-refractivity contribution < 1.29 is 13.3 Å². The number of rotatable bonds is 6. The Morgan fingerprint density at radius 1 is 1.44 bits per heavy atom. The molecule has 0 aromatic heterocycles. The number of nitro groups is 1. The number of alkyl halides is 1. The van der Waals surface area contributed by atoms with Gasteiger partial charge in [0.05, 0.1) is 9.95 Å². The van der Waals surface area contributed by atoms with Crippen LogP contribution >= 0.6 is 27.5 Å². The van der Waals surface area contributed by atoms with Gasteiger partial charge in [-0.1, -0.05) is 27.5 Å². The van der Waals surface area contributed by atoms with Gasteiger partial charge in [-0.2, -0.15) is 0 Å². The molecular weight excluding hydrogens is 348 g/mol. The largest absolute Gasteiger partial charge is 0.270 e. The summed E-state index contributed by atoms with van der Waals surface area (Å²) in [6, 6.07) is 3.29. The van der Waals surface area contributed by atoms with Gasteiger partial charge in [0.1, 0.15) is 4.90 Å². The number of halogens is 2. The van der Waals surface area contributed by atoms with Crippen LogP contribution in [0.25, 0.3) is 0 Å². The molecule has 0 saturated carbocycles. The van der Waals surface area contributed by atoms with E-state index in [4.69, 9.17) is 11.6 Å². The number of hydrogen-bond acceptors (Lipinski definition) is 4. The van der Waals surface area contributed by atoms with Crippen LogP contribution in [0, 0.1) is 10.1 Å². The SMILES string of the molecule is O=[N+]([O-])c1ccc(Cl)c(S(=O)(=O)NCCCBr)c1. The third-order valence-corrected chi connectivity index (χ3v) is 4.52. The maximum absolute atomic E-state index is 11.9. The van der Waals surface area contributed by atoms with Crippen LogP contribution in [0.2, 0.25) is 5.02 Å². The molecule has 0 amide bonds. The summed E-state index contributed by atoms with van der Waals surface area (Å²) < 4.78 is 26.1. The molecule has 0 aliphatic rings. The molecule has 0 aliphatic heterocycles. The first-order valence-electron chi connectivity index (χ1n) is 4.88. The van der Waals surface area contributed by atoms with Crippen molar-refractivity contribution in [2.24, 2.45) is 0 Å². The summed E-state index contributed by atoms with van der Waals surface area (Å²) in [4.78, 5) is 9.64. The molecule has 0 spiro atoms. The highest BCUT2D eigenvalue weighted by Gasteiger charge is 2.20. The summed E-state index contributed by atoms with van der Waals surface area (Å²) in [7, 11) is -3.83. The third-order valence-electron chi connectivity index (χ3n) is 2.02. The molecule has 0 atom stereocenters.